The third-order valence-corrected chi connectivity index (χ3v) is 7.29. The van der Waals surface area contributed by atoms with Crippen LogP contribution in [0.2, 0.25) is 0 Å². The molecule has 0 aliphatic rings. The summed E-state index contributed by atoms with van der Waals surface area (Å²) in [4.78, 5) is 21.0. The summed E-state index contributed by atoms with van der Waals surface area (Å²) >= 11 is 0. The molecule has 0 atom stereocenters. The second kappa shape index (κ2) is 25.2. The molecule has 2 N–H and O–H groups in total. The van der Waals surface area contributed by atoms with Gasteiger partial charge in [0.1, 0.15) is 11.5 Å². The summed E-state index contributed by atoms with van der Waals surface area (Å²) in [5.41, 5.74) is 2.56. The van der Waals surface area contributed by atoms with Crippen molar-refractivity contribution < 1.29 is 38.7 Å². The Morgan fingerprint density at radius 1 is 0.432 bits per heavy atom. The Kier molecular flexibility index (Phi) is 21.3. The number of carboxylic acids is 2. The van der Waals surface area contributed by atoms with Crippen LogP contribution in [-0.4, -0.2) is 61.8 Å². The molecule has 8 nitrogen and oxygen atoms in total. The van der Waals surface area contributed by atoms with Crippen LogP contribution in [0.5, 0.6) is 11.5 Å². The molecule has 0 aliphatic carbocycles. The molecule has 0 aromatic heterocycles. The van der Waals surface area contributed by atoms with E-state index < -0.39 is 11.9 Å². The molecule has 0 spiro atoms. The summed E-state index contributed by atoms with van der Waals surface area (Å²) in [6.07, 6.45) is 13.8. The zero-order valence-electron chi connectivity index (χ0n) is 26.5. The number of hydrogen-bond acceptors (Lipinski definition) is 6. The van der Waals surface area contributed by atoms with Gasteiger partial charge in [0.15, 0.2) is 0 Å². The number of hydrogen-bond donors (Lipinski definition) is 2. The number of unbranched alkanes of at least 4 members (excludes halogenated alkanes) is 7. The van der Waals surface area contributed by atoms with Gasteiger partial charge in [-0.25, -0.2) is 0 Å². The maximum atomic E-state index is 10.5. The highest BCUT2D eigenvalue weighted by atomic mass is 16.5. The van der Waals surface area contributed by atoms with E-state index >= 15 is 0 Å². The van der Waals surface area contributed by atoms with Gasteiger partial charge in [-0.3, -0.25) is 9.59 Å². The number of ether oxygens (including phenoxy) is 4. The van der Waals surface area contributed by atoms with Crippen LogP contribution in [0, 0.1) is 0 Å². The molecule has 0 unspecified atom stereocenters. The summed E-state index contributed by atoms with van der Waals surface area (Å²) in [5, 5.41) is 17.3. The van der Waals surface area contributed by atoms with Crippen molar-refractivity contribution in [2.75, 3.05) is 39.6 Å². The van der Waals surface area contributed by atoms with Gasteiger partial charge in [0.2, 0.25) is 0 Å². The Bertz CT molecular complexity index is 909. The van der Waals surface area contributed by atoms with Crippen LogP contribution in [0.15, 0.2) is 48.5 Å². The number of benzene rings is 2. The molecule has 44 heavy (non-hydrogen) atoms. The number of aliphatic carboxylic acids is 2. The summed E-state index contributed by atoms with van der Waals surface area (Å²) in [7, 11) is 0. The maximum absolute atomic E-state index is 10.5. The summed E-state index contributed by atoms with van der Waals surface area (Å²) in [6.45, 7) is 4.31. The minimum Gasteiger partial charge on any atom is -0.494 e. The normalized spacial score (nSPS) is 11.0. The minimum absolute atomic E-state index is 0.245. The molecule has 0 radical (unpaired) electrons. The van der Waals surface area contributed by atoms with Crippen LogP contribution >= 0.6 is 0 Å². The fourth-order valence-electron chi connectivity index (χ4n) is 4.72. The summed E-state index contributed by atoms with van der Waals surface area (Å²) in [5.74, 6) is 0.372. The van der Waals surface area contributed by atoms with E-state index in [1.165, 1.54) is 11.1 Å². The lowest BCUT2D eigenvalue weighted by molar-refractivity contribution is -0.138. The molecule has 0 saturated heterocycles. The van der Waals surface area contributed by atoms with E-state index in [-0.39, 0.29) is 12.8 Å². The minimum atomic E-state index is -0.727. The van der Waals surface area contributed by atoms with Crippen LogP contribution < -0.4 is 9.47 Å². The van der Waals surface area contributed by atoms with Gasteiger partial charge in [0.05, 0.1) is 13.2 Å². The third-order valence-electron chi connectivity index (χ3n) is 7.29. The van der Waals surface area contributed by atoms with Gasteiger partial charge in [-0.05, 0) is 112 Å². The van der Waals surface area contributed by atoms with Crippen LogP contribution in [0.25, 0.3) is 0 Å². The Morgan fingerprint density at radius 3 is 1.16 bits per heavy atom. The lowest BCUT2D eigenvalue weighted by Gasteiger charge is -2.09. The quantitative estimate of drug-likeness (QED) is 0.0890. The lowest BCUT2D eigenvalue weighted by Crippen LogP contribution is -2.01. The summed E-state index contributed by atoms with van der Waals surface area (Å²) in [6, 6.07) is 16.7. The average Bonchev–Trinajstić information content (AvgIpc) is 3.01. The van der Waals surface area contributed by atoms with Crippen molar-refractivity contribution in [2.24, 2.45) is 0 Å². The van der Waals surface area contributed by atoms with E-state index in [0.717, 1.165) is 128 Å². The zero-order chi connectivity index (χ0) is 31.5. The first kappa shape index (κ1) is 37.1. The van der Waals surface area contributed by atoms with Crippen molar-refractivity contribution >= 4 is 11.9 Å². The zero-order valence-corrected chi connectivity index (χ0v) is 26.5. The molecule has 0 amide bonds. The molecular formula is C36H54O8. The van der Waals surface area contributed by atoms with Crippen LogP contribution in [0.1, 0.15) is 101 Å². The highest BCUT2D eigenvalue weighted by molar-refractivity contribution is 5.66. The van der Waals surface area contributed by atoms with E-state index in [2.05, 4.69) is 24.3 Å². The Hall–Kier alpha value is -3.10. The smallest absolute Gasteiger partial charge is 0.303 e. The topological polar surface area (TPSA) is 112 Å². The van der Waals surface area contributed by atoms with Gasteiger partial charge in [-0.1, -0.05) is 37.1 Å². The first-order valence-corrected chi connectivity index (χ1v) is 16.6. The molecule has 2 rings (SSSR count). The van der Waals surface area contributed by atoms with E-state index in [0.29, 0.717) is 13.2 Å². The highest BCUT2D eigenvalue weighted by Crippen LogP contribution is 2.16. The Morgan fingerprint density at radius 2 is 0.773 bits per heavy atom. The molecule has 0 bridgehead atoms. The fourth-order valence-corrected chi connectivity index (χ4v) is 4.72. The lowest BCUT2D eigenvalue weighted by atomic mass is 10.1. The van der Waals surface area contributed by atoms with Crippen LogP contribution in [-0.2, 0) is 31.9 Å². The molecule has 8 heteroatoms. The number of rotatable bonds is 29. The first-order chi connectivity index (χ1) is 21.5. The van der Waals surface area contributed by atoms with Gasteiger partial charge in [-0.2, -0.15) is 0 Å². The van der Waals surface area contributed by atoms with E-state index in [9.17, 15) is 9.59 Å². The van der Waals surface area contributed by atoms with Crippen molar-refractivity contribution in [3.05, 3.63) is 59.7 Å². The molecular weight excluding hydrogens is 560 g/mol. The molecule has 2 aromatic rings. The molecule has 0 fully saturated rings. The first-order valence-electron chi connectivity index (χ1n) is 16.6. The second-order valence-corrected chi connectivity index (χ2v) is 11.2. The molecule has 246 valence electrons. The monoisotopic (exact) mass is 614 g/mol. The van der Waals surface area contributed by atoms with Crippen molar-refractivity contribution in [3.8, 4) is 11.5 Å². The van der Waals surface area contributed by atoms with Gasteiger partial charge >= 0.3 is 11.9 Å². The highest BCUT2D eigenvalue weighted by Gasteiger charge is 2.01. The standard InChI is InChI=1S/C36H54O8/c37-35(38)15-5-3-7-25-41-27-11-13-31-17-21-33(22-18-31)43-29-9-1-2-10-30-44-34-23-19-32(20-24-34)14-12-28-42-26-8-4-6-16-36(39)40/h17-24H,1-16,25-30H2,(H,37,38)(H,39,40). The molecule has 0 aliphatic heterocycles. The SMILES string of the molecule is O=C(O)CCCCCOCCCc1ccc(OCCCCCCOc2ccc(CCCOCCCCCC(=O)O)cc2)cc1. The van der Waals surface area contributed by atoms with E-state index in [1.807, 2.05) is 24.3 Å². The van der Waals surface area contributed by atoms with E-state index in [1.54, 1.807) is 0 Å². The van der Waals surface area contributed by atoms with Crippen molar-refractivity contribution in [1.29, 1.82) is 0 Å². The van der Waals surface area contributed by atoms with Gasteiger partial charge in [-0.15, -0.1) is 0 Å². The van der Waals surface area contributed by atoms with Gasteiger partial charge in [0, 0.05) is 39.3 Å². The Balaban J connectivity index is 1.38. The number of carbonyl (C=O) groups is 2. The van der Waals surface area contributed by atoms with Crippen molar-refractivity contribution in [3.63, 3.8) is 0 Å². The predicted octanol–water partition coefficient (Wildman–Crippen LogP) is 7.89. The predicted molar refractivity (Wildman–Crippen MR) is 173 cm³/mol. The third kappa shape index (κ3) is 20.7. The van der Waals surface area contributed by atoms with Crippen LogP contribution in [0.3, 0.4) is 0 Å². The maximum Gasteiger partial charge on any atom is 0.303 e. The molecule has 0 heterocycles. The average molecular weight is 615 g/mol. The largest absolute Gasteiger partial charge is 0.494 e. The van der Waals surface area contributed by atoms with Gasteiger partial charge < -0.3 is 29.2 Å². The second-order valence-electron chi connectivity index (χ2n) is 11.2. The van der Waals surface area contributed by atoms with Gasteiger partial charge in [0.25, 0.3) is 0 Å². The van der Waals surface area contributed by atoms with Crippen molar-refractivity contribution in [1.82, 2.24) is 0 Å². The fraction of sp³-hybridized carbons (Fsp3) is 0.611. The molecule has 2 aromatic carbocycles. The van der Waals surface area contributed by atoms with Crippen molar-refractivity contribution in [2.45, 2.75) is 103 Å². The number of aryl methyl sites for hydroxylation is 2. The van der Waals surface area contributed by atoms with E-state index in [4.69, 9.17) is 29.2 Å². The number of carboxylic acid groups (broad SMARTS) is 2. The Labute approximate surface area is 264 Å². The molecule has 0 saturated carbocycles. The van der Waals surface area contributed by atoms with Crippen LogP contribution in [0.4, 0.5) is 0 Å². The summed E-state index contributed by atoms with van der Waals surface area (Å²) < 4.78 is 23.1.